The van der Waals surface area contributed by atoms with Crippen molar-refractivity contribution in [3.8, 4) is 11.1 Å². The van der Waals surface area contributed by atoms with Gasteiger partial charge >= 0.3 is 0 Å². The molecule has 0 aliphatic rings. The molecule has 3 aromatic rings. The van der Waals surface area contributed by atoms with Gasteiger partial charge in [-0.1, -0.05) is 17.7 Å². The zero-order valence-electron chi connectivity index (χ0n) is 12.5. The molecule has 8 heteroatoms. The van der Waals surface area contributed by atoms with E-state index in [0.29, 0.717) is 11.1 Å². The van der Waals surface area contributed by atoms with Crippen molar-refractivity contribution in [1.29, 1.82) is 0 Å². The SMILES string of the molecule is NCCNS(=O)(=O)c1cc(-c2c[nH]c3cc(F)ccc23)ccc1Cl. The van der Waals surface area contributed by atoms with E-state index in [1.807, 2.05) is 0 Å². The van der Waals surface area contributed by atoms with Crippen molar-refractivity contribution < 1.29 is 12.8 Å². The minimum absolute atomic E-state index is 0.0217. The molecule has 1 aromatic heterocycles. The second-order valence-corrected chi connectivity index (χ2v) is 7.37. The molecule has 0 saturated heterocycles. The molecule has 1 heterocycles. The van der Waals surface area contributed by atoms with Crippen LogP contribution in [0.25, 0.3) is 22.0 Å². The first kappa shape index (κ1) is 16.9. The summed E-state index contributed by atoms with van der Waals surface area (Å²) < 4.78 is 40.4. The van der Waals surface area contributed by atoms with E-state index in [-0.39, 0.29) is 28.8 Å². The maximum absolute atomic E-state index is 13.3. The van der Waals surface area contributed by atoms with Gasteiger partial charge in [0.05, 0.1) is 5.02 Å². The van der Waals surface area contributed by atoms with Crippen molar-refractivity contribution >= 4 is 32.5 Å². The highest BCUT2D eigenvalue weighted by molar-refractivity contribution is 7.89. The smallest absolute Gasteiger partial charge is 0.242 e. The molecule has 0 amide bonds. The average Bonchev–Trinajstić information content (AvgIpc) is 2.96. The largest absolute Gasteiger partial charge is 0.360 e. The lowest BCUT2D eigenvalue weighted by molar-refractivity contribution is 0.582. The van der Waals surface area contributed by atoms with Crippen LogP contribution in [0.3, 0.4) is 0 Å². The predicted octanol–water partition coefficient (Wildman–Crippen LogP) is 2.86. The summed E-state index contributed by atoms with van der Waals surface area (Å²) in [5, 5.41) is 0.908. The van der Waals surface area contributed by atoms with Crippen LogP contribution in [0.15, 0.2) is 47.5 Å². The number of hydrogen-bond donors (Lipinski definition) is 3. The maximum atomic E-state index is 13.3. The first-order valence-electron chi connectivity index (χ1n) is 7.18. The quantitative estimate of drug-likeness (QED) is 0.648. The number of hydrogen-bond acceptors (Lipinski definition) is 3. The molecule has 0 unspecified atom stereocenters. The molecule has 0 radical (unpaired) electrons. The molecule has 0 fully saturated rings. The monoisotopic (exact) mass is 367 g/mol. The van der Waals surface area contributed by atoms with Crippen LogP contribution in [-0.4, -0.2) is 26.5 Å². The zero-order valence-corrected chi connectivity index (χ0v) is 14.1. The summed E-state index contributed by atoms with van der Waals surface area (Å²) in [7, 11) is -3.76. The van der Waals surface area contributed by atoms with Gasteiger partial charge < -0.3 is 10.7 Å². The average molecular weight is 368 g/mol. The van der Waals surface area contributed by atoms with Crippen LogP contribution < -0.4 is 10.5 Å². The normalized spacial score (nSPS) is 12.0. The maximum Gasteiger partial charge on any atom is 0.242 e. The van der Waals surface area contributed by atoms with Gasteiger partial charge in [-0.25, -0.2) is 17.5 Å². The zero-order chi connectivity index (χ0) is 17.3. The molecule has 5 nitrogen and oxygen atoms in total. The molecule has 0 saturated carbocycles. The Morgan fingerprint density at radius 2 is 2.00 bits per heavy atom. The molecule has 0 atom stereocenters. The van der Waals surface area contributed by atoms with E-state index in [0.717, 1.165) is 10.9 Å². The second kappa shape index (κ2) is 6.52. The lowest BCUT2D eigenvalue weighted by Crippen LogP contribution is -2.29. The minimum atomic E-state index is -3.76. The number of aromatic nitrogens is 1. The fraction of sp³-hybridized carbons (Fsp3) is 0.125. The molecule has 4 N–H and O–H groups in total. The summed E-state index contributed by atoms with van der Waals surface area (Å²) in [5.74, 6) is -0.346. The number of aromatic amines is 1. The Morgan fingerprint density at radius 1 is 1.21 bits per heavy atom. The first-order valence-corrected chi connectivity index (χ1v) is 9.05. The number of sulfonamides is 1. The molecule has 3 rings (SSSR count). The van der Waals surface area contributed by atoms with Crippen LogP contribution in [0.4, 0.5) is 4.39 Å². The van der Waals surface area contributed by atoms with Crippen molar-refractivity contribution in [2.24, 2.45) is 5.73 Å². The Kier molecular flexibility index (Phi) is 4.60. The fourth-order valence-electron chi connectivity index (χ4n) is 2.49. The molecule has 0 aliphatic heterocycles. The molecule has 0 spiro atoms. The Labute approximate surface area is 143 Å². The summed E-state index contributed by atoms with van der Waals surface area (Å²) in [6, 6.07) is 9.12. The van der Waals surface area contributed by atoms with Gasteiger partial charge in [-0.2, -0.15) is 0 Å². The Hall–Kier alpha value is -1.93. The van der Waals surface area contributed by atoms with E-state index in [1.54, 1.807) is 18.3 Å². The highest BCUT2D eigenvalue weighted by Gasteiger charge is 2.19. The van der Waals surface area contributed by atoms with Gasteiger partial charge in [0.25, 0.3) is 0 Å². The fourth-order valence-corrected chi connectivity index (χ4v) is 4.06. The van der Waals surface area contributed by atoms with E-state index >= 15 is 0 Å². The van der Waals surface area contributed by atoms with E-state index in [4.69, 9.17) is 17.3 Å². The van der Waals surface area contributed by atoms with Gasteiger partial charge in [-0.3, -0.25) is 0 Å². The van der Waals surface area contributed by atoms with Crippen molar-refractivity contribution in [1.82, 2.24) is 9.71 Å². The molecule has 126 valence electrons. The Balaban J connectivity index is 2.11. The number of halogens is 2. The van der Waals surface area contributed by atoms with Crippen LogP contribution in [0.1, 0.15) is 0 Å². The van der Waals surface area contributed by atoms with Crippen LogP contribution >= 0.6 is 11.6 Å². The van der Waals surface area contributed by atoms with Crippen molar-refractivity contribution in [3.63, 3.8) is 0 Å². The predicted molar refractivity (Wildman–Crippen MR) is 92.9 cm³/mol. The number of H-pyrrole nitrogens is 1. The number of nitrogens with one attached hydrogen (secondary N) is 2. The minimum Gasteiger partial charge on any atom is -0.360 e. The third-order valence-corrected chi connectivity index (χ3v) is 5.55. The highest BCUT2D eigenvalue weighted by atomic mass is 35.5. The standard InChI is InChI=1S/C16H15ClFN3O2S/c17-14-4-1-10(7-16(14)24(22,23)21-6-5-19)13-9-20-15-8-11(18)2-3-12(13)15/h1-4,7-9,20-21H,5-6,19H2. The number of rotatable bonds is 5. The van der Waals surface area contributed by atoms with Gasteiger partial charge in [0, 0.05) is 35.8 Å². The topological polar surface area (TPSA) is 88.0 Å². The lowest BCUT2D eigenvalue weighted by atomic mass is 10.1. The van der Waals surface area contributed by atoms with Crippen molar-refractivity contribution in [3.05, 3.63) is 53.4 Å². The molecule has 0 aliphatic carbocycles. The Bertz CT molecular complexity index is 1000. The van der Waals surface area contributed by atoms with E-state index in [1.165, 1.54) is 24.3 Å². The molecular weight excluding hydrogens is 353 g/mol. The first-order chi connectivity index (χ1) is 11.4. The van der Waals surface area contributed by atoms with Gasteiger partial charge in [-0.05, 0) is 35.9 Å². The lowest BCUT2D eigenvalue weighted by Gasteiger charge is -2.09. The van der Waals surface area contributed by atoms with Crippen LogP contribution in [0.5, 0.6) is 0 Å². The van der Waals surface area contributed by atoms with Crippen LogP contribution in [0, 0.1) is 5.82 Å². The molecular formula is C16H15ClFN3O2S. The third-order valence-electron chi connectivity index (χ3n) is 3.61. The van der Waals surface area contributed by atoms with E-state index in [9.17, 15) is 12.8 Å². The highest BCUT2D eigenvalue weighted by Crippen LogP contribution is 2.32. The summed E-state index contributed by atoms with van der Waals surface area (Å²) >= 11 is 6.05. The summed E-state index contributed by atoms with van der Waals surface area (Å²) in [4.78, 5) is 2.96. The van der Waals surface area contributed by atoms with E-state index in [2.05, 4.69) is 9.71 Å². The summed E-state index contributed by atoms with van der Waals surface area (Å²) in [6.07, 6.45) is 1.71. The summed E-state index contributed by atoms with van der Waals surface area (Å²) in [6.45, 7) is 0.305. The second-order valence-electron chi connectivity index (χ2n) is 5.22. The Morgan fingerprint density at radius 3 is 2.75 bits per heavy atom. The molecule has 24 heavy (non-hydrogen) atoms. The van der Waals surface area contributed by atoms with Crippen molar-refractivity contribution in [2.45, 2.75) is 4.90 Å². The van der Waals surface area contributed by atoms with E-state index < -0.39 is 10.0 Å². The van der Waals surface area contributed by atoms with Crippen LogP contribution in [-0.2, 0) is 10.0 Å². The van der Waals surface area contributed by atoms with Gasteiger partial charge in [0.15, 0.2) is 0 Å². The van der Waals surface area contributed by atoms with Gasteiger partial charge in [0.2, 0.25) is 10.0 Å². The number of nitrogens with two attached hydrogens (primary N) is 1. The van der Waals surface area contributed by atoms with Gasteiger partial charge in [0.1, 0.15) is 10.7 Å². The molecule has 0 bridgehead atoms. The number of benzene rings is 2. The van der Waals surface area contributed by atoms with Crippen LogP contribution in [0.2, 0.25) is 5.02 Å². The van der Waals surface area contributed by atoms with Crippen molar-refractivity contribution in [2.75, 3.05) is 13.1 Å². The third kappa shape index (κ3) is 3.16. The summed E-state index contributed by atoms with van der Waals surface area (Å²) in [5.41, 5.74) is 7.39. The van der Waals surface area contributed by atoms with Gasteiger partial charge in [-0.15, -0.1) is 0 Å². The number of fused-ring (bicyclic) bond motifs is 1. The molecule has 2 aromatic carbocycles.